The zero-order valence-electron chi connectivity index (χ0n) is 10.4. The summed E-state index contributed by atoms with van der Waals surface area (Å²) in [6, 6.07) is 7.95. The zero-order valence-corrected chi connectivity index (χ0v) is 10.4. The first-order chi connectivity index (χ1) is 7.52. The van der Waals surface area contributed by atoms with E-state index in [9.17, 15) is 4.79 Å². The Kier molecular flexibility index (Phi) is 4.24. The van der Waals surface area contributed by atoms with Crippen LogP contribution in [0.5, 0.6) is 0 Å². The van der Waals surface area contributed by atoms with Crippen molar-refractivity contribution in [1.82, 2.24) is 0 Å². The number of hydrogen-bond donors (Lipinski definition) is 0. The lowest BCUT2D eigenvalue weighted by atomic mass is 9.97. The quantitative estimate of drug-likeness (QED) is 0.550. The maximum atomic E-state index is 11.6. The van der Waals surface area contributed by atoms with Gasteiger partial charge >= 0.3 is 0 Å². The van der Waals surface area contributed by atoms with E-state index >= 15 is 0 Å². The minimum Gasteiger partial charge on any atom is -0.294 e. The highest BCUT2D eigenvalue weighted by Gasteiger charge is 2.07. The number of carbonyl (C=O) groups excluding carboxylic acids is 1. The molecule has 0 saturated carbocycles. The second kappa shape index (κ2) is 5.45. The Morgan fingerprint density at radius 2 is 1.69 bits per heavy atom. The fourth-order valence-electron chi connectivity index (χ4n) is 1.52. The standard InChI is InChI=1S/C15H18O/c1-11(2)9-10-15(13(4)16)14-8-6-5-7-12(14)3/h5-10H,1-4H3/b15-10-. The van der Waals surface area contributed by atoms with E-state index in [-0.39, 0.29) is 5.78 Å². The molecule has 1 aromatic rings. The first-order valence-electron chi connectivity index (χ1n) is 5.44. The topological polar surface area (TPSA) is 17.1 Å². The van der Waals surface area contributed by atoms with Crippen LogP contribution in [0.1, 0.15) is 31.9 Å². The third-order valence-corrected chi connectivity index (χ3v) is 2.40. The van der Waals surface area contributed by atoms with E-state index in [1.807, 2.05) is 57.2 Å². The van der Waals surface area contributed by atoms with Crippen molar-refractivity contribution in [3.63, 3.8) is 0 Å². The van der Waals surface area contributed by atoms with Crippen LogP contribution in [-0.2, 0) is 4.79 Å². The molecule has 0 atom stereocenters. The summed E-state index contributed by atoms with van der Waals surface area (Å²) < 4.78 is 0. The Balaban J connectivity index is 3.24. The van der Waals surface area contributed by atoms with Crippen LogP contribution in [0.15, 0.2) is 42.0 Å². The highest BCUT2D eigenvalue weighted by Crippen LogP contribution is 2.19. The Labute approximate surface area is 97.5 Å². The van der Waals surface area contributed by atoms with Gasteiger partial charge in [-0.1, -0.05) is 42.0 Å². The van der Waals surface area contributed by atoms with Crippen molar-refractivity contribution in [2.45, 2.75) is 27.7 Å². The monoisotopic (exact) mass is 214 g/mol. The molecular weight excluding hydrogens is 196 g/mol. The van der Waals surface area contributed by atoms with E-state index < -0.39 is 0 Å². The van der Waals surface area contributed by atoms with Gasteiger partial charge in [-0.15, -0.1) is 0 Å². The van der Waals surface area contributed by atoms with Crippen molar-refractivity contribution in [1.29, 1.82) is 0 Å². The lowest BCUT2D eigenvalue weighted by molar-refractivity contribution is -0.111. The van der Waals surface area contributed by atoms with Crippen molar-refractivity contribution in [2.24, 2.45) is 0 Å². The molecular formula is C15H18O. The molecule has 0 aliphatic heterocycles. The van der Waals surface area contributed by atoms with Crippen LogP contribution in [0.3, 0.4) is 0 Å². The van der Waals surface area contributed by atoms with Gasteiger partial charge in [-0.05, 0) is 38.8 Å². The van der Waals surface area contributed by atoms with Crippen LogP contribution >= 0.6 is 0 Å². The van der Waals surface area contributed by atoms with Crippen LogP contribution in [0.25, 0.3) is 5.57 Å². The van der Waals surface area contributed by atoms with Crippen LogP contribution in [0, 0.1) is 6.92 Å². The third-order valence-electron chi connectivity index (χ3n) is 2.40. The summed E-state index contributed by atoms with van der Waals surface area (Å²) in [4.78, 5) is 11.6. The Morgan fingerprint density at radius 3 is 2.19 bits per heavy atom. The molecule has 0 aromatic heterocycles. The number of carbonyl (C=O) groups is 1. The molecule has 1 nitrogen and oxygen atoms in total. The van der Waals surface area contributed by atoms with Gasteiger partial charge in [0.25, 0.3) is 0 Å². The highest BCUT2D eigenvalue weighted by atomic mass is 16.1. The average Bonchev–Trinajstić information content (AvgIpc) is 2.20. The summed E-state index contributed by atoms with van der Waals surface area (Å²) >= 11 is 0. The number of Topliss-reactive ketones (excluding diaryl/α,β-unsaturated/α-hetero) is 1. The molecule has 0 radical (unpaired) electrons. The summed E-state index contributed by atoms with van der Waals surface area (Å²) in [6.07, 6.45) is 3.88. The summed E-state index contributed by atoms with van der Waals surface area (Å²) in [6.45, 7) is 7.67. The van der Waals surface area contributed by atoms with Gasteiger partial charge in [0.15, 0.2) is 5.78 Å². The van der Waals surface area contributed by atoms with Crippen molar-refractivity contribution in [3.05, 3.63) is 53.1 Å². The van der Waals surface area contributed by atoms with E-state index in [4.69, 9.17) is 0 Å². The molecule has 0 amide bonds. The van der Waals surface area contributed by atoms with Crippen molar-refractivity contribution in [3.8, 4) is 0 Å². The molecule has 0 spiro atoms. The molecule has 0 N–H and O–H groups in total. The van der Waals surface area contributed by atoms with E-state index in [2.05, 4.69) is 0 Å². The summed E-state index contributed by atoms with van der Waals surface area (Å²) in [7, 11) is 0. The first-order valence-corrected chi connectivity index (χ1v) is 5.44. The lowest BCUT2D eigenvalue weighted by Crippen LogP contribution is -1.97. The number of allylic oxidation sites excluding steroid dienone is 4. The number of aryl methyl sites for hydroxylation is 1. The summed E-state index contributed by atoms with van der Waals surface area (Å²) in [5.74, 6) is 0.104. The van der Waals surface area contributed by atoms with E-state index in [0.29, 0.717) is 0 Å². The van der Waals surface area contributed by atoms with Crippen LogP contribution in [0.4, 0.5) is 0 Å². The Morgan fingerprint density at radius 1 is 1.06 bits per heavy atom. The molecule has 0 heterocycles. The molecule has 84 valence electrons. The van der Waals surface area contributed by atoms with Gasteiger partial charge in [-0.25, -0.2) is 0 Å². The van der Waals surface area contributed by atoms with Crippen LogP contribution < -0.4 is 0 Å². The van der Waals surface area contributed by atoms with Gasteiger partial charge in [-0.3, -0.25) is 4.79 Å². The fourth-order valence-corrected chi connectivity index (χ4v) is 1.52. The van der Waals surface area contributed by atoms with Crippen molar-refractivity contribution >= 4 is 11.4 Å². The molecule has 16 heavy (non-hydrogen) atoms. The van der Waals surface area contributed by atoms with E-state index in [1.54, 1.807) is 6.92 Å². The largest absolute Gasteiger partial charge is 0.294 e. The Bertz CT molecular complexity index is 446. The number of hydrogen-bond acceptors (Lipinski definition) is 1. The summed E-state index contributed by atoms with van der Waals surface area (Å²) in [5, 5.41) is 0. The lowest BCUT2D eigenvalue weighted by Gasteiger charge is -2.06. The van der Waals surface area contributed by atoms with Gasteiger partial charge in [-0.2, -0.15) is 0 Å². The molecule has 1 heteroatoms. The van der Waals surface area contributed by atoms with E-state index in [0.717, 1.165) is 16.7 Å². The minimum atomic E-state index is 0.104. The smallest absolute Gasteiger partial charge is 0.160 e. The van der Waals surface area contributed by atoms with Crippen LogP contribution in [-0.4, -0.2) is 5.78 Å². The molecule has 1 rings (SSSR count). The van der Waals surface area contributed by atoms with Gasteiger partial charge in [0.2, 0.25) is 0 Å². The molecule has 0 saturated heterocycles. The van der Waals surface area contributed by atoms with Gasteiger partial charge in [0.05, 0.1) is 0 Å². The van der Waals surface area contributed by atoms with Gasteiger partial charge in [0, 0.05) is 5.57 Å². The number of rotatable bonds is 3. The first kappa shape index (κ1) is 12.4. The summed E-state index contributed by atoms with van der Waals surface area (Å²) in [5.41, 5.74) is 4.12. The third kappa shape index (κ3) is 3.20. The van der Waals surface area contributed by atoms with Crippen LogP contribution in [0.2, 0.25) is 0 Å². The SMILES string of the molecule is CC(=O)/C(=C/C=C(C)C)c1ccccc1C. The second-order valence-electron chi connectivity index (χ2n) is 4.20. The molecule has 1 aromatic carbocycles. The molecule has 0 bridgehead atoms. The van der Waals surface area contributed by atoms with Crippen molar-refractivity contribution < 1.29 is 4.79 Å². The normalized spacial score (nSPS) is 11.1. The van der Waals surface area contributed by atoms with Gasteiger partial charge < -0.3 is 0 Å². The maximum absolute atomic E-state index is 11.6. The van der Waals surface area contributed by atoms with Crippen molar-refractivity contribution in [2.75, 3.05) is 0 Å². The zero-order chi connectivity index (χ0) is 12.1. The molecule has 0 aliphatic carbocycles. The minimum absolute atomic E-state index is 0.104. The number of benzene rings is 1. The molecule has 0 fully saturated rings. The maximum Gasteiger partial charge on any atom is 0.160 e. The fraction of sp³-hybridized carbons (Fsp3) is 0.267. The molecule has 0 unspecified atom stereocenters. The molecule has 0 aliphatic rings. The predicted octanol–water partition coefficient (Wildman–Crippen LogP) is 3.93. The highest BCUT2D eigenvalue weighted by molar-refractivity contribution is 6.20. The van der Waals surface area contributed by atoms with Gasteiger partial charge in [0.1, 0.15) is 0 Å². The Hall–Kier alpha value is -1.63. The number of ketones is 1. The van der Waals surface area contributed by atoms with E-state index in [1.165, 1.54) is 5.57 Å². The predicted molar refractivity (Wildman–Crippen MR) is 69.3 cm³/mol. The average molecular weight is 214 g/mol. The second-order valence-corrected chi connectivity index (χ2v) is 4.20.